The van der Waals surface area contributed by atoms with Gasteiger partial charge in [0, 0.05) is 32.3 Å². The first-order valence-electron chi connectivity index (χ1n) is 11.2. The highest BCUT2D eigenvalue weighted by Gasteiger charge is 2.48. The van der Waals surface area contributed by atoms with Gasteiger partial charge in [-0.15, -0.1) is 5.10 Å². The number of rotatable bonds is 8. The van der Waals surface area contributed by atoms with Gasteiger partial charge in [0.1, 0.15) is 11.4 Å². The van der Waals surface area contributed by atoms with Crippen LogP contribution in [-0.2, 0) is 16.9 Å². The molecule has 0 radical (unpaired) electrons. The van der Waals surface area contributed by atoms with Gasteiger partial charge in [0.05, 0.1) is 43.5 Å². The Labute approximate surface area is 205 Å². The Morgan fingerprint density at radius 1 is 1.19 bits per heavy atom. The van der Waals surface area contributed by atoms with E-state index in [1.807, 2.05) is 0 Å². The minimum absolute atomic E-state index is 0.0576. The monoisotopic (exact) mass is 492 g/mol. The first-order chi connectivity index (χ1) is 17.4. The first kappa shape index (κ1) is 23.4. The molecule has 186 valence electrons. The lowest BCUT2D eigenvalue weighted by Crippen LogP contribution is -2.35. The second-order valence-corrected chi connectivity index (χ2v) is 8.25. The van der Waals surface area contributed by atoms with E-state index < -0.39 is 11.5 Å². The Kier molecular flexibility index (Phi) is 6.08. The summed E-state index contributed by atoms with van der Waals surface area (Å²) in [6, 6.07) is 8.59. The summed E-state index contributed by atoms with van der Waals surface area (Å²) in [6.07, 6.45) is 3.51. The molecule has 1 aliphatic heterocycles. The van der Waals surface area contributed by atoms with E-state index in [4.69, 9.17) is 14.4 Å². The molecule has 0 bridgehead atoms. The molecule has 0 saturated carbocycles. The topological polar surface area (TPSA) is 165 Å². The van der Waals surface area contributed by atoms with Crippen molar-refractivity contribution in [3.05, 3.63) is 48.5 Å². The number of likely N-dealkylation sites (tertiary alicyclic amines) is 1. The van der Waals surface area contributed by atoms with Gasteiger partial charge in [-0.1, -0.05) is 11.2 Å². The predicted octanol–water partition coefficient (Wildman–Crippen LogP) is 1.18. The summed E-state index contributed by atoms with van der Waals surface area (Å²) in [5.74, 6) is 0.305. The number of hydrogen-bond donors (Lipinski definition) is 3. The van der Waals surface area contributed by atoms with Crippen molar-refractivity contribution in [1.29, 1.82) is 0 Å². The number of hydrogen-bond acceptors (Lipinski definition) is 11. The molecule has 1 fully saturated rings. The number of methoxy groups -OCH3 is 1. The molecule has 4 aromatic rings. The molecular weight excluding hydrogens is 468 g/mol. The number of carbonyl (C=O) groups excluding carboxylic acids is 1. The van der Waals surface area contributed by atoms with E-state index in [0.29, 0.717) is 53.4 Å². The molecule has 13 nitrogen and oxygen atoms in total. The Hall–Kier alpha value is -4.36. The average Bonchev–Trinajstić information content (AvgIpc) is 3.60. The molecule has 1 aliphatic rings. The highest BCUT2D eigenvalue weighted by molar-refractivity contribution is 5.87. The van der Waals surface area contributed by atoms with Crippen LogP contribution >= 0.6 is 0 Å². The number of nitrogens with zero attached hydrogens (tertiary/aromatic N) is 7. The largest absolute Gasteiger partial charge is 0.478 e. The van der Waals surface area contributed by atoms with Crippen molar-refractivity contribution in [2.45, 2.75) is 18.6 Å². The molecule has 4 aromatic heterocycles. The molecular formula is C23H24N8O5. The average molecular weight is 492 g/mol. The van der Waals surface area contributed by atoms with Gasteiger partial charge in [0.15, 0.2) is 5.76 Å². The second-order valence-electron chi connectivity index (χ2n) is 8.25. The van der Waals surface area contributed by atoms with Crippen LogP contribution in [0.5, 0.6) is 5.88 Å². The SMILES string of the molecule is COc1nn(CCO)cc1Nc1nccc(-c2cccc(-c3cc(C4(O)CCN(C)C4=O)on3)n2)n1. The van der Waals surface area contributed by atoms with E-state index in [1.165, 1.54) is 18.1 Å². The summed E-state index contributed by atoms with van der Waals surface area (Å²) >= 11 is 0. The molecule has 1 unspecified atom stereocenters. The predicted molar refractivity (Wildman–Crippen MR) is 126 cm³/mol. The molecule has 5 rings (SSSR count). The lowest BCUT2D eigenvalue weighted by atomic mass is 9.98. The third-order valence-electron chi connectivity index (χ3n) is 5.85. The van der Waals surface area contributed by atoms with Crippen molar-refractivity contribution in [2.24, 2.45) is 0 Å². The normalized spacial score (nSPS) is 17.6. The van der Waals surface area contributed by atoms with Crippen molar-refractivity contribution >= 4 is 17.5 Å². The zero-order valence-corrected chi connectivity index (χ0v) is 19.6. The van der Waals surface area contributed by atoms with Crippen LogP contribution in [0.2, 0.25) is 0 Å². The van der Waals surface area contributed by atoms with Crippen LogP contribution in [-0.4, -0.2) is 78.2 Å². The third-order valence-corrected chi connectivity index (χ3v) is 5.85. The number of amides is 1. The summed E-state index contributed by atoms with van der Waals surface area (Å²) < 4.78 is 12.2. The summed E-state index contributed by atoms with van der Waals surface area (Å²) in [5, 5.41) is 31.3. The second kappa shape index (κ2) is 9.36. The molecule has 5 heterocycles. The smallest absolute Gasteiger partial charge is 0.262 e. The van der Waals surface area contributed by atoms with Gasteiger partial charge < -0.3 is 29.7 Å². The maximum Gasteiger partial charge on any atom is 0.262 e. The van der Waals surface area contributed by atoms with Crippen LogP contribution in [0, 0.1) is 0 Å². The van der Waals surface area contributed by atoms with E-state index in [9.17, 15) is 9.90 Å². The van der Waals surface area contributed by atoms with Crippen LogP contribution < -0.4 is 10.1 Å². The van der Waals surface area contributed by atoms with E-state index in [2.05, 4.69) is 30.5 Å². The molecule has 0 aliphatic carbocycles. The van der Waals surface area contributed by atoms with Crippen LogP contribution in [0.3, 0.4) is 0 Å². The summed E-state index contributed by atoms with van der Waals surface area (Å²) in [4.78, 5) is 27.3. The number of anilines is 2. The Bertz CT molecular complexity index is 1400. The Morgan fingerprint density at radius 2 is 1.97 bits per heavy atom. The number of likely N-dealkylation sites (N-methyl/N-ethyl adjacent to an activating group) is 1. The van der Waals surface area contributed by atoms with Gasteiger partial charge in [-0.3, -0.25) is 9.48 Å². The van der Waals surface area contributed by atoms with Crippen molar-refractivity contribution < 1.29 is 24.3 Å². The molecule has 1 atom stereocenters. The maximum atomic E-state index is 12.4. The number of nitrogens with one attached hydrogen (secondary N) is 1. The van der Waals surface area contributed by atoms with Gasteiger partial charge >= 0.3 is 0 Å². The minimum atomic E-state index is -1.73. The summed E-state index contributed by atoms with van der Waals surface area (Å²) in [6.45, 7) is 0.691. The van der Waals surface area contributed by atoms with Crippen molar-refractivity contribution in [2.75, 3.05) is 32.6 Å². The first-order valence-corrected chi connectivity index (χ1v) is 11.2. The van der Waals surface area contributed by atoms with Crippen LogP contribution in [0.15, 0.2) is 47.2 Å². The molecule has 1 saturated heterocycles. The lowest BCUT2D eigenvalue weighted by Gasteiger charge is -2.16. The van der Waals surface area contributed by atoms with Crippen molar-refractivity contribution in [1.82, 2.24) is 34.8 Å². The zero-order valence-electron chi connectivity index (χ0n) is 19.6. The third kappa shape index (κ3) is 4.25. The quantitative estimate of drug-likeness (QED) is 0.323. The van der Waals surface area contributed by atoms with Crippen LogP contribution in [0.4, 0.5) is 11.6 Å². The molecule has 0 aromatic carbocycles. The molecule has 0 spiro atoms. The van der Waals surface area contributed by atoms with E-state index in [1.54, 1.807) is 48.4 Å². The molecule has 1 amide bonds. The number of carbonyl (C=O) groups is 1. The maximum absolute atomic E-state index is 12.4. The fourth-order valence-corrected chi connectivity index (χ4v) is 3.93. The number of aromatic nitrogens is 6. The number of aliphatic hydroxyl groups is 2. The van der Waals surface area contributed by atoms with Gasteiger partial charge in [-0.25, -0.2) is 15.0 Å². The molecule has 36 heavy (non-hydrogen) atoms. The van der Waals surface area contributed by atoms with Crippen LogP contribution in [0.1, 0.15) is 12.2 Å². The lowest BCUT2D eigenvalue weighted by molar-refractivity contribution is -0.144. The van der Waals surface area contributed by atoms with E-state index in [-0.39, 0.29) is 18.8 Å². The van der Waals surface area contributed by atoms with Crippen LogP contribution in [0.25, 0.3) is 22.8 Å². The van der Waals surface area contributed by atoms with Gasteiger partial charge in [0.25, 0.3) is 11.8 Å². The van der Waals surface area contributed by atoms with E-state index in [0.717, 1.165) is 0 Å². The number of aliphatic hydroxyl groups excluding tert-OH is 1. The van der Waals surface area contributed by atoms with Gasteiger partial charge in [-0.05, 0) is 18.2 Å². The fourth-order valence-electron chi connectivity index (χ4n) is 3.93. The highest BCUT2D eigenvalue weighted by Crippen LogP contribution is 2.34. The van der Waals surface area contributed by atoms with Gasteiger partial charge in [-0.2, -0.15) is 0 Å². The van der Waals surface area contributed by atoms with Crippen molar-refractivity contribution in [3.8, 4) is 28.7 Å². The van der Waals surface area contributed by atoms with E-state index >= 15 is 0 Å². The molecule has 13 heteroatoms. The van der Waals surface area contributed by atoms with Crippen molar-refractivity contribution in [3.63, 3.8) is 0 Å². The standard InChI is InChI=1S/C23H24N8O5/c1-30-9-7-23(34,21(30)33)19-12-17(29-36-19)15-5-3-4-14(25-15)16-6-8-24-22(26-16)27-18-13-31(10-11-32)28-20(18)35-2/h3-6,8,12-13,32,34H,7,9-11H2,1-2H3,(H,24,26,27). The fraction of sp³-hybridized carbons (Fsp3) is 0.304. The highest BCUT2D eigenvalue weighted by atomic mass is 16.5. The molecule has 3 N–H and O–H groups in total. The van der Waals surface area contributed by atoms with Gasteiger partial charge in [0.2, 0.25) is 11.5 Å². The zero-order chi connectivity index (χ0) is 25.3. The number of ether oxygens (including phenoxy) is 1. The Morgan fingerprint density at radius 3 is 2.69 bits per heavy atom. The number of pyridine rings is 1. The summed E-state index contributed by atoms with van der Waals surface area (Å²) in [5.41, 5.74) is 0.800. The Balaban J connectivity index is 1.40. The summed E-state index contributed by atoms with van der Waals surface area (Å²) in [7, 11) is 3.13. The minimum Gasteiger partial charge on any atom is -0.478 e.